The van der Waals surface area contributed by atoms with Crippen LogP contribution in [0.15, 0.2) is 17.0 Å². The van der Waals surface area contributed by atoms with E-state index in [-0.39, 0.29) is 50.3 Å². The zero-order valence-electron chi connectivity index (χ0n) is 20.3. The summed E-state index contributed by atoms with van der Waals surface area (Å²) < 4.78 is 88.0. The van der Waals surface area contributed by atoms with Gasteiger partial charge in [-0.05, 0) is 26.0 Å². The zero-order valence-corrected chi connectivity index (χ0v) is 22.8. The standard InChI is InChI=1S/C19H30N4O11S3/c1-20-7-9-22(10-8-20)19(24)15-13-17(18(35(2,27)28)14-16(15)23(25)26)21(5-3-11-36(29,30)31)6-4-12-37(32,33)34/h13-14H,3-12H2,1-2H3,(H,29,30,31)(H,32,33,34). The number of hydrogen-bond donors (Lipinski definition) is 2. The summed E-state index contributed by atoms with van der Waals surface area (Å²) in [6.45, 7) is 1.17. The molecule has 0 atom stereocenters. The fraction of sp³-hybridized carbons (Fsp3) is 0.632. The average molecular weight is 587 g/mol. The molecule has 15 nitrogen and oxygen atoms in total. The first-order valence-corrected chi connectivity index (χ1v) is 16.2. The third-order valence-corrected chi connectivity index (χ3v) is 8.43. The number of nitro groups is 1. The Morgan fingerprint density at radius 1 is 0.973 bits per heavy atom. The van der Waals surface area contributed by atoms with Gasteiger partial charge in [0.2, 0.25) is 0 Å². The Bertz CT molecular complexity index is 1300. The summed E-state index contributed by atoms with van der Waals surface area (Å²) in [6.07, 6.45) is 0.366. The first-order valence-electron chi connectivity index (χ1n) is 11.0. The number of benzene rings is 1. The Morgan fingerprint density at radius 2 is 1.46 bits per heavy atom. The predicted octanol–water partition coefficient (Wildman–Crippen LogP) is -0.252. The van der Waals surface area contributed by atoms with Gasteiger partial charge in [0.1, 0.15) is 5.56 Å². The van der Waals surface area contributed by atoms with Gasteiger partial charge < -0.3 is 14.7 Å². The number of sulfone groups is 1. The molecule has 0 unspecified atom stereocenters. The average Bonchev–Trinajstić information content (AvgIpc) is 2.75. The van der Waals surface area contributed by atoms with E-state index in [1.54, 1.807) is 0 Å². The molecule has 1 fully saturated rings. The molecule has 0 bridgehead atoms. The number of anilines is 1. The van der Waals surface area contributed by atoms with Crippen LogP contribution in [-0.4, -0.2) is 119 Å². The van der Waals surface area contributed by atoms with E-state index in [4.69, 9.17) is 9.11 Å². The molecular formula is C19H30N4O11S3. The van der Waals surface area contributed by atoms with Gasteiger partial charge in [-0.1, -0.05) is 0 Å². The number of hydrogen-bond acceptors (Lipinski definition) is 11. The lowest BCUT2D eigenvalue weighted by Crippen LogP contribution is -2.47. The van der Waals surface area contributed by atoms with E-state index in [0.717, 1.165) is 18.4 Å². The molecule has 210 valence electrons. The molecular weight excluding hydrogens is 556 g/mol. The second-order valence-corrected chi connectivity index (χ2v) is 13.9. The quantitative estimate of drug-likeness (QED) is 0.184. The molecule has 1 aliphatic rings. The van der Waals surface area contributed by atoms with Crippen molar-refractivity contribution < 1.29 is 44.1 Å². The van der Waals surface area contributed by atoms with Gasteiger partial charge >= 0.3 is 0 Å². The van der Waals surface area contributed by atoms with Crippen LogP contribution < -0.4 is 4.90 Å². The highest BCUT2D eigenvalue weighted by atomic mass is 32.2. The molecule has 0 saturated carbocycles. The first kappa shape index (κ1) is 30.8. The summed E-state index contributed by atoms with van der Waals surface area (Å²) in [6, 6.07) is 1.79. The van der Waals surface area contributed by atoms with Gasteiger partial charge in [0.25, 0.3) is 31.8 Å². The molecule has 18 heteroatoms. The summed E-state index contributed by atoms with van der Waals surface area (Å²) in [7, 11) is -11.0. The maximum atomic E-state index is 13.3. The Kier molecular flexibility index (Phi) is 10.00. The normalized spacial score (nSPS) is 15.5. The van der Waals surface area contributed by atoms with E-state index < -0.39 is 63.0 Å². The fourth-order valence-corrected chi connectivity index (χ4v) is 5.71. The summed E-state index contributed by atoms with van der Waals surface area (Å²) in [4.78, 5) is 28.3. The van der Waals surface area contributed by atoms with Gasteiger partial charge in [-0.3, -0.25) is 24.0 Å². The minimum absolute atomic E-state index is 0.170. The number of piperazine rings is 1. The first-order chi connectivity index (χ1) is 16.9. The Balaban J connectivity index is 2.62. The largest absolute Gasteiger partial charge is 0.370 e. The third-order valence-electron chi connectivity index (χ3n) is 5.70. The number of rotatable bonds is 12. The van der Waals surface area contributed by atoms with Gasteiger partial charge in [0.15, 0.2) is 9.84 Å². The maximum Gasteiger partial charge on any atom is 0.283 e. The van der Waals surface area contributed by atoms with E-state index in [2.05, 4.69) is 0 Å². The van der Waals surface area contributed by atoms with E-state index in [1.165, 1.54) is 9.80 Å². The molecule has 1 aromatic rings. The third kappa shape index (κ3) is 9.46. The number of likely N-dealkylation sites (N-methyl/N-ethyl adjacent to an activating group) is 1. The van der Waals surface area contributed by atoms with Crippen molar-refractivity contribution in [3.63, 3.8) is 0 Å². The van der Waals surface area contributed by atoms with E-state index in [9.17, 15) is 40.2 Å². The lowest BCUT2D eigenvalue weighted by molar-refractivity contribution is -0.385. The molecule has 2 rings (SSSR count). The van der Waals surface area contributed by atoms with Crippen molar-refractivity contribution in [3.8, 4) is 0 Å². The summed E-state index contributed by atoms with van der Waals surface area (Å²) in [5.74, 6) is -2.09. The fourth-order valence-electron chi connectivity index (χ4n) is 3.83. The van der Waals surface area contributed by atoms with Crippen molar-refractivity contribution in [2.24, 2.45) is 0 Å². The van der Waals surface area contributed by atoms with Crippen LogP contribution in [0.25, 0.3) is 0 Å². The lowest BCUT2D eigenvalue weighted by Gasteiger charge is -2.33. The second-order valence-electron chi connectivity index (χ2n) is 8.73. The number of nitro benzene ring substituents is 1. The predicted molar refractivity (Wildman–Crippen MR) is 134 cm³/mol. The molecule has 1 aromatic carbocycles. The van der Waals surface area contributed by atoms with Gasteiger partial charge in [0, 0.05) is 51.6 Å². The van der Waals surface area contributed by atoms with E-state index >= 15 is 0 Å². The number of nitrogens with zero attached hydrogens (tertiary/aromatic N) is 4. The Morgan fingerprint density at radius 3 is 1.86 bits per heavy atom. The number of amides is 1. The second kappa shape index (κ2) is 12.0. The van der Waals surface area contributed by atoms with Crippen molar-refractivity contribution in [1.29, 1.82) is 0 Å². The monoisotopic (exact) mass is 586 g/mol. The molecule has 1 amide bonds. The lowest BCUT2D eigenvalue weighted by atomic mass is 10.1. The minimum Gasteiger partial charge on any atom is -0.370 e. The zero-order chi connectivity index (χ0) is 28.2. The van der Waals surface area contributed by atoms with Crippen molar-refractivity contribution in [2.75, 3.05) is 69.0 Å². The highest BCUT2D eigenvalue weighted by Crippen LogP contribution is 2.34. The van der Waals surface area contributed by atoms with Crippen molar-refractivity contribution in [3.05, 3.63) is 27.8 Å². The van der Waals surface area contributed by atoms with Gasteiger partial charge in [0.05, 0.1) is 27.0 Å². The SMILES string of the molecule is CN1CCN(C(=O)c2cc(N(CCCS(=O)(=O)O)CCCS(=O)(=O)O)c(S(C)(=O)=O)cc2[N+](=O)[O-])CC1. The van der Waals surface area contributed by atoms with E-state index in [0.29, 0.717) is 13.1 Å². The molecule has 0 spiro atoms. The summed E-state index contributed by atoms with van der Waals surface area (Å²) in [5.41, 5.74) is -1.29. The minimum atomic E-state index is -4.38. The van der Waals surface area contributed by atoms with Crippen molar-refractivity contribution in [2.45, 2.75) is 17.7 Å². The number of carbonyl (C=O) groups is 1. The van der Waals surface area contributed by atoms with E-state index in [1.807, 2.05) is 11.9 Å². The molecule has 2 N–H and O–H groups in total. The van der Waals surface area contributed by atoms with Crippen molar-refractivity contribution in [1.82, 2.24) is 9.80 Å². The summed E-state index contributed by atoms with van der Waals surface area (Å²) >= 11 is 0. The molecule has 1 aliphatic heterocycles. The van der Waals surface area contributed by atoms with Crippen LogP contribution in [0, 0.1) is 10.1 Å². The molecule has 1 heterocycles. The Labute approximate surface area is 215 Å². The van der Waals surface area contributed by atoms with Crippen LogP contribution >= 0.6 is 0 Å². The Hall–Kier alpha value is -2.38. The highest BCUT2D eigenvalue weighted by molar-refractivity contribution is 7.91. The van der Waals surface area contributed by atoms with Crippen LogP contribution in [0.5, 0.6) is 0 Å². The van der Waals surface area contributed by atoms with Crippen LogP contribution in [0.3, 0.4) is 0 Å². The van der Waals surface area contributed by atoms with Crippen LogP contribution in [0.2, 0.25) is 0 Å². The van der Waals surface area contributed by atoms with Gasteiger partial charge in [-0.25, -0.2) is 8.42 Å². The molecule has 1 saturated heterocycles. The molecule has 0 aliphatic carbocycles. The van der Waals surface area contributed by atoms with Crippen LogP contribution in [0.1, 0.15) is 23.2 Å². The maximum absolute atomic E-state index is 13.3. The van der Waals surface area contributed by atoms with Crippen LogP contribution in [0.4, 0.5) is 11.4 Å². The topological polar surface area (TPSA) is 213 Å². The highest BCUT2D eigenvalue weighted by Gasteiger charge is 2.32. The smallest absolute Gasteiger partial charge is 0.283 e. The van der Waals surface area contributed by atoms with Gasteiger partial charge in [-0.15, -0.1) is 0 Å². The number of carbonyl (C=O) groups excluding carboxylic acids is 1. The van der Waals surface area contributed by atoms with Crippen molar-refractivity contribution >= 4 is 47.4 Å². The summed E-state index contributed by atoms with van der Waals surface area (Å²) in [5, 5.41) is 11.8. The molecule has 0 radical (unpaired) electrons. The van der Waals surface area contributed by atoms with Crippen LogP contribution in [-0.2, 0) is 30.1 Å². The molecule has 0 aromatic heterocycles. The molecule has 37 heavy (non-hydrogen) atoms. The van der Waals surface area contributed by atoms with Gasteiger partial charge in [-0.2, -0.15) is 16.8 Å².